The summed E-state index contributed by atoms with van der Waals surface area (Å²) in [6, 6.07) is 20.4. The van der Waals surface area contributed by atoms with Gasteiger partial charge in [0.1, 0.15) is 23.2 Å². The van der Waals surface area contributed by atoms with E-state index in [-0.39, 0.29) is 11.4 Å². The first-order valence-corrected chi connectivity index (χ1v) is 10.0. The maximum atomic E-state index is 13.5. The minimum Gasteiger partial charge on any atom is -0.494 e. The van der Waals surface area contributed by atoms with Crippen molar-refractivity contribution < 1.29 is 13.9 Å². The third-order valence-corrected chi connectivity index (χ3v) is 4.67. The smallest absolute Gasteiger partial charge is 0.266 e. The Balaban J connectivity index is 1.85. The van der Waals surface area contributed by atoms with Crippen LogP contribution in [0.25, 0.3) is 6.08 Å². The normalized spacial score (nSPS) is 11.0. The van der Waals surface area contributed by atoms with Crippen LogP contribution in [0.3, 0.4) is 0 Å². The Hall–Kier alpha value is -3.62. The fraction of sp³-hybridized carbons (Fsp3) is 0.120. The lowest BCUT2D eigenvalue weighted by Crippen LogP contribution is -2.13. The number of carbonyl (C=O) groups is 1. The van der Waals surface area contributed by atoms with Crippen LogP contribution in [0.1, 0.15) is 23.6 Å². The van der Waals surface area contributed by atoms with Gasteiger partial charge in [0.05, 0.1) is 6.61 Å². The maximum Gasteiger partial charge on any atom is 0.266 e. The van der Waals surface area contributed by atoms with Crippen LogP contribution in [0, 0.1) is 17.1 Å². The van der Waals surface area contributed by atoms with Gasteiger partial charge in [0.2, 0.25) is 0 Å². The number of rotatable bonds is 7. The average molecular weight is 435 g/mol. The lowest BCUT2D eigenvalue weighted by molar-refractivity contribution is -0.112. The molecule has 0 aliphatic rings. The van der Waals surface area contributed by atoms with Crippen molar-refractivity contribution in [1.82, 2.24) is 0 Å². The van der Waals surface area contributed by atoms with Crippen molar-refractivity contribution >= 4 is 29.3 Å². The van der Waals surface area contributed by atoms with E-state index < -0.39 is 5.91 Å². The molecule has 1 amide bonds. The number of carbonyl (C=O) groups excluding carboxylic acids is 1. The summed E-state index contributed by atoms with van der Waals surface area (Å²) >= 11 is 5.93. The monoisotopic (exact) mass is 434 g/mol. The molecule has 0 fully saturated rings. The zero-order valence-corrected chi connectivity index (χ0v) is 17.6. The summed E-state index contributed by atoms with van der Waals surface area (Å²) in [5.41, 5.74) is 2.79. The number of benzene rings is 3. The van der Waals surface area contributed by atoms with E-state index in [1.165, 1.54) is 18.2 Å². The molecular formula is C25H20ClFN2O2. The number of nitrogens with one attached hydrogen (secondary N) is 1. The molecule has 0 aliphatic heterocycles. The minimum atomic E-state index is -0.536. The fourth-order valence-electron chi connectivity index (χ4n) is 3.04. The molecule has 0 heterocycles. The molecule has 3 rings (SSSR count). The number of halogens is 2. The number of anilines is 1. The second-order valence-electron chi connectivity index (χ2n) is 6.74. The number of hydrogen-bond acceptors (Lipinski definition) is 3. The highest BCUT2D eigenvalue weighted by molar-refractivity contribution is 6.31. The molecule has 6 heteroatoms. The molecule has 3 aromatic carbocycles. The molecular weight excluding hydrogens is 415 g/mol. The first-order valence-electron chi connectivity index (χ1n) is 9.67. The molecule has 0 saturated heterocycles. The Morgan fingerprint density at radius 3 is 2.68 bits per heavy atom. The largest absolute Gasteiger partial charge is 0.494 e. The second-order valence-corrected chi connectivity index (χ2v) is 7.18. The van der Waals surface area contributed by atoms with Crippen LogP contribution in [0.15, 0.2) is 72.3 Å². The molecule has 3 aromatic rings. The van der Waals surface area contributed by atoms with Crippen molar-refractivity contribution in [1.29, 1.82) is 5.26 Å². The SMILES string of the molecule is CCOc1cc(/C=C(\C#N)C(=O)Nc2cccc(Cl)c2)ccc1Cc1cccc(F)c1. The molecule has 156 valence electrons. The number of amides is 1. The van der Waals surface area contributed by atoms with E-state index in [0.717, 1.165) is 11.1 Å². The quantitative estimate of drug-likeness (QED) is 0.365. The van der Waals surface area contributed by atoms with Crippen molar-refractivity contribution in [3.05, 3.63) is 99.8 Å². The van der Waals surface area contributed by atoms with Crippen molar-refractivity contribution in [2.24, 2.45) is 0 Å². The van der Waals surface area contributed by atoms with Crippen LogP contribution in [-0.4, -0.2) is 12.5 Å². The maximum absolute atomic E-state index is 13.5. The predicted molar refractivity (Wildman–Crippen MR) is 120 cm³/mol. The predicted octanol–water partition coefficient (Wildman–Crippen LogP) is 6.01. The van der Waals surface area contributed by atoms with Crippen LogP contribution in [0.4, 0.5) is 10.1 Å². The number of nitrogens with zero attached hydrogens (tertiary/aromatic N) is 1. The van der Waals surface area contributed by atoms with Gasteiger partial charge >= 0.3 is 0 Å². The van der Waals surface area contributed by atoms with Gasteiger partial charge in [-0.1, -0.05) is 41.9 Å². The van der Waals surface area contributed by atoms with Crippen LogP contribution >= 0.6 is 11.6 Å². The highest BCUT2D eigenvalue weighted by Crippen LogP contribution is 2.25. The summed E-state index contributed by atoms with van der Waals surface area (Å²) in [7, 11) is 0. The highest BCUT2D eigenvalue weighted by Gasteiger charge is 2.12. The van der Waals surface area contributed by atoms with Crippen LogP contribution in [0.2, 0.25) is 5.02 Å². The van der Waals surface area contributed by atoms with E-state index in [1.54, 1.807) is 42.5 Å². The molecule has 1 N–H and O–H groups in total. The molecule has 0 saturated carbocycles. The fourth-order valence-corrected chi connectivity index (χ4v) is 3.23. The van der Waals surface area contributed by atoms with Gasteiger partial charge < -0.3 is 10.1 Å². The molecule has 0 atom stereocenters. The van der Waals surface area contributed by atoms with E-state index in [2.05, 4.69) is 5.32 Å². The third-order valence-electron chi connectivity index (χ3n) is 4.43. The van der Waals surface area contributed by atoms with Gasteiger partial charge in [-0.15, -0.1) is 0 Å². The van der Waals surface area contributed by atoms with Gasteiger partial charge in [0.25, 0.3) is 5.91 Å². The van der Waals surface area contributed by atoms with Crippen LogP contribution in [0.5, 0.6) is 5.75 Å². The van der Waals surface area contributed by atoms with Crippen molar-refractivity contribution in [2.45, 2.75) is 13.3 Å². The zero-order valence-electron chi connectivity index (χ0n) is 16.9. The third kappa shape index (κ3) is 6.18. The van der Waals surface area contributed by atoms with Gasteiger partial charge in [-0.2, -0.15) is 5.26 Å². The summed E-state index contributed by atoms with van der Waals surface area (Å²) in [6.07, 6.45) is 1.99. The van der Waals surface area contributed by atoms with Crippen molar-refractivity contribution in [3.8, 4) is 11.8 Å². The van der Waals surface area contributed by atoms with Gasteiger partial charge in [-0.25, -0.2) is 4.39 Å². The van der Waals surface area contributed by atoms with E-state index in [9.17, 15) is 14.4 Å². The molecule has 0 bridgehead atoms. The molecule has 31 heavy (non-hydrogen) atoms. The van der Waals surface area contributed by atoms with Gasteiger partial charge in [0, 0.05) is 17.1 Å². The topological polar surface area (TPSA) is 62.1 Å². The van der Waals surface area contributed by atoms with Crippen LogP contribution < -0.4 is 10.1 Å². The van der Waals surface area contributed by atoms with Crippen molar-refractivity contribution in [3.63, 3.8) is 0 Å². The first kappa shape index (κ1) is 22.1. The molecule has 0 radical (unpaired) electrons. The van der Waals surface area contributed by atoms with E-state index in [4.69, 9.17) is 16.3 Å². The lowest BCUT2D eigenvalue weighted by atomic mass is 10.0. The summed E-state index contributed by atoms with van der Waals surface area (Å²) < 4.78 is 19.2. The molecule has 4 nitrogen and oxygen atoms in total. The molecule has 0 unspecified atom stereocenters. The number of nitriles is 1. The Kier molecular flexibility index (Phi) is 7.42. The van der Waals surface area contributed by atoms with E-state index >= 15 is 0 Å². The summed E-state index contributed by atoms with van der Waals surface area (Å²) in [6.45, 7) is 2.32. The second kappa shape index (κ2) is 10.4. The van der Waals surface area contributed by atoms with E-state index in [1.807, 2.05) is 25.1 Å². The van der Waals surface area contributed by atoms with Crippen LogP contribution in [-0.2, 0) is 11.2 Å². The Labute approximate surface area is 185 Å². The Morgan fingerprint density at radius 2 is 1.97 bits per heavy atom. The van der Waals surface area contributed by atoms with E-state index in [0.29, 0.717) is 35.1 Å². The van der Waals surface area contributed by atoms with Crippen molar-refractivity contribution in [2.75, 3.05) is 11.9 Å². The van der Waals surface area contributed by atoms with Gasteiger partial charge in [0.15, 0.2) is 0 Å². The summed E-state index contributed by atoms with van der Waals surface area (Å²) in [5.74, 6) is -0.209. The number of ether oxygens (including phenoxy) is 1. The lowest BCUT2D eigenvalue weighted by Gasteiger charge is -2.12. The Morgan fingerprint density at radius 1 is 1.16 bits per heavy atom. The highest BCUT2D eigenvalue weighted by atomic mass is 35.5. The minimum absolute atomic E-state index is 0.0553. The molecule has 0 aliphatic carbocycles. The standard InChI is InChI=1S/C25H20ClFN2O2/c1-2-31-24-14-18(9-10-19(24)11-17-5-3-7-22(27)13-17)12-20(16-28)25(30)29-23-8-4-6-21(26)15-23/h3-10,12-15H,2,11H2,1H3,(H,29,30)/b20-12+. The number of hydrogen-bond donors (Lipinski definition) is 1. The average Bonchev–Trinajstić information content (AvgIpc) is 2.74. The molecule has 0 aromatic heterocycles. The zero-order chi connectivity index (χ0) is 22.2. The first-order chi connectivity index (χ1) is 15.0. The van der Waals surface area contributed by atoms with Gasteiger partial charge in [-0.05, 0) is 66.1 Å². The summed E-state index contributed by atoms with van der Waals surface area (Å²) in [5, 5.41) is 12.6. The van der Waals surface area contributed by atoms with Gasteiger partial charge in [-0.3, -0.25) is 4.79 Å². The molecule has 0 spiro atoms. The Bertz CT molecular complexity index is 1170. The summed E-state index contributed by atoms with van der Waals surface area (Å²) in [4.78, 5) is 12.5.